The van der Waals surface area contributed by atoms with E-state index in [0.717, 1.165) is 5.92 Å². The Hall–Kier alpha value is -1.17. The van der Waals surface area contributed by atoms with Crippen molar-refractivity contribution in [3.8, 4) is 0 Å². The van der Waals surface area contributed by atoms with Gasteiger partial charge in [-0.1, -0.05) is 24.1 Å². The molecule has 4 rings (SSSR count). The van der Waals surface area contributed by atoms with Crippen LogP contribution in [0, 0.1) is 11.8 Å². The molecule has 0 nitrogen and oxygen atoms in total. The third-order valence-electron chi connectivity index (χ3n) is 5.47. The molecule has 0 amide bonds. The average Bonchev–Trinajstić information content (AvgIpc) is 3.07. The number of fused-ring (bicyclic) bond motifs is 2. The van der Waals surface area contributed by atoms with Gasteiger partial charge in [-0.15, -0.1) is 0 Å². The van der Waals surface area contributed by atoms with Crippen LogP contribution in [0.25, 0.3) is 0 Å². The molecule has 0 saturated heterocycles. The van der Waals surface area contributed by atoms with Gasteiger partial charge in [0.2, 0.25) is 0 Å². The summed E-state index contributed by atoms with van der Waals surface area (Å²) in [5.74, 6) is 2.40. The third kappa shape index (κ3) is 2.41. The molecule has 0 bridgehead atoms. The van der Waals surface area contributed by atoms with E-state index in [9.17, 15) is 0 Å². The Morgan fingerprint density at radius 1 is 0.950 bits per heavy atom. The molecule has 2 saturated carbocycles. The van der Waals surface area contributed by atoms with Crippen LogP contribution in [-0.4, -0.2) is 0 Å². The second-order valence-corrected chi connectivity index (χ2v) is 6.93. The van der Waals surface area contributed by atoms with Gasteiger partial charge in [-0.25, -0.2) is 0 Å². The molecule has 0 N–H and O–H groups in total. The van der Waals surface area contributed by atoms with Gasteiger partial charge < -0.3 is 0 Å². The molecule has 4 aliphatic carbocycles. The van der Waals surface area contributed by atoms with Gasteiger partial charge >= 0.3 is 0 Å². The van der Waals surface area contributed by atoms with Crippen molar-refractivity contribution in [2.24, 2.45) is 5.92 Å². The highest BCUT2D eigenvalue weighted by atomic mass is 14.3. The van der Waals surface area contributed by atoms with E-state index in [1.807, 2.05) is 0 Å². The first-order valence-corrected chi connectivity index (χ1v) is 8.57. The number of allylic oxidation sites excluding steroid dienone is 8. The zero-order valence-corrected chi connectivity index (χ0v) is 12.5. The summed E-state index contributed by atoms with van der Waals surface area (Å²) in [6.07, 6.45) is 23.6. The Labute approximate surface area is 123 Å². The van der Waals surface area contributed by atoms with Crippen molar-refractivity contribution in [2.45, 2.75) is 64.2 Å². The Kier molecular flexibility index (Phi) is 3.34. The molecule has 0 aromatic heterocycles. The van der Waals surface area contributed by atoms with Crippen molar-refractivity contribution in [3.63, 3.8) is 0 Å². The molecule has 0 radical (unpaired) electrons. The fraction of sp³-hybridized carbons (Fsp3) is 0.550. The molecule has 0 aromatic carbocycles. The van der Waals surface area contributed by atoms with Gasteiger partial charge in [-0.3, -0.25) is 0 Å². The van der Waals surface area contributed by atoms with Crippen molar-refractivity contribution in [1.82, 2.24) is 0 Å². The molecule has 104 valence electrons. The first-order chi connectivity index (χ1) is 9.88. The smallest absolute Gasteiger partial charge is 0.0741 e. The van der Waals surface area contributed by atoms with Crippen LogP contribution in [0.15, 0.2) is 46.6 Å². The molecular weight excluding hydrogens is 240 g/mol. The van der Waals surface area contributed by atoms with E-state index < -0.39 is 0 Å². The molecule has 0 aliphatic heterocycles. The van der Waals surface area contributed by atoms with Crippen molar-refractivity contribution in [2.75, 3.05) is 0 Å². The maximum atomic E-state index is 2.57. The maximum absolute atomic E-state index is 2.57. The summed E-state index contributed by atoms with van der Waals surface area (Å²) in [7, 11) is 0. The summed E-state index contributed by atoms with van der Waals surface area (Å²) in [5, 5.41) is 0. The minimum atomic E-state index is 0.812. The molecule has 1 atom stereocenters. The van der Waals surface area contributed by atoms with Gasteiger partial charge in [0.15, 0.2) is 0 Å². The molecule has 1 unspecified atom stereocenters. The lowest BCUT2D eigenvalue weighted by molar-refractivity contribution is 0.525. The normalized spacial score (nSPS) is 28.4. The predicted molar refractivity (Wildman–Crippen MR) is 85.2 cm³/mol. The van der Waals surface area contributed by atoms with Gasteiger partial charge in [0.05, 0.1) is 29.2 Å². The molecule has 0 aromatic rings. The average molecular weight is 265 g/mol. The minimum absolute atomic E-state index is 0.812. The number of hydrogen-bond acceptors (Lipinski definition) is 0. The lowest BCUT2D eigenvalue weighted by Gasteiger charge is -2.18. The fourth-order valence-corrected chi connectivity index (χ4v) is 4.34. The topological polar surface area (TPSA) is 0 Å². The highest BCUT2D eigenvalue weighted by Crippen LogP contribution is 2.40. The Morgan fingerprint density at radius 3 is 2.45 bits per heavy atom. The molecular formula is C20H25+. The van der Waals surface area contributed by atoms with E-state index in [1.165, 1.54) is 64.2 Å². The maximum Gasteiger partial charge on any atom is 0.0964 e. The van der Waals surface area contributed by atoms with E-state index in [4.69, 9.17) is 0 Å². The van der Waals surface area contributed by atoms with E-state index in [2.05, 4.69) is 24.3 Å². The Morgan fingerprint density at radius 2 is 1.70 bits per heavy atom. The van der Waals surface area contributed by atoms with Crippen LogP contribution < -0.4 is 0 Å². The third-order valence-corrected chi connectivity index (χ3v) is 5.47. The summed E-state index contributed by atoms with van der Waals surface area (Å²) >= 11 is 0. The van der Waals surface area contributed by atoms with Crippen molar-refractivity contribution in [1.29, 1.82) is 0 Å². The lowest BCUT2D eigenvalue weighted by Crippen LogP contribution is -2.03. The van der Waals surface area contributed by atoms with Crippen molar-refractivity contribution >= 4 is 0 Å². The monoisotopic (exact) mass is 265 g/mol. The van der Waals surface area contributed by atoms with Gasteiger partial charge in [0.1, 0.15) is 0 Å². The minimum Gasteiger partial charge on any atom is -0.0741 e. The van der Waals surface area contributed by atoms with Crippen LogP contribution in [0.3, 0.4) is 0 Å². The molecule has 0 heteroatoms. The van der Waals surface area contributed by atoms with Crippen LogP contribution in [0.1, 0.15) is 64.2 Å². The van der Waals surface area contributed by atoms with Crippen LogP contribution in [0.4, 0.5) is 0 Å². The zero-order valence-electron chi connectivity index (χ0n) is 12.5. The summed E-state index contributed by atoms with van der Waals surface area (Å²) in [6, 6.07) is 0. The lowest BCUT2D eigenvalue weighted by atomic mass is 9.87. The summed E-state index contributed by atoms with van der Waals surface area (Å²) < 4.78 is 0. The Balaban J connectivity index is 1.37. The first-order valence-electron chi connectivity index (χ1n) is 8.57. The van der Waals surface area contributed by atoms with Gasteiger partial charge in [-0.2, -0.15) is 0 Å². The van der Waals surface area contributed by atoms with E-state index in [0.29, 0.717) is 0 Å². The molecule has 2 fully saturated rings. The highest BCUT2D eigenvalue weighted by Gasteiger charge is 2.30. The highest BCUT2D eigenvalue weighted by molar-refractivity contribution is 5.49. The van der Waals surface area contributed by atoms with Crippen LogP contribution in [0.5, 0.6) is 0 Å². The summed E-state index contributed by atoms with van der Waals surface area (Å²) in [4.78, 5) is 0. The summed E-state index contributed by atoms with van der Waals surface area (Å²) in [6.45, 7) is 0. The molecule has 0 heterocycles. The second kappa shape index (κ2) is 5.31. The van der Waals surface area contributed by atoms with Gasteiger partial charge in [-0.05, 0) is 50.0 Å². The van der Waals surface area contributed by atoms with Crippen molar-refractivity contribution < 1.29 is 0 Å². The molecule has 0 spiro atoms. The zero-order chi connectivity index (χ0) is 13.4. The van der Waals surface area contributed by atoms with Crippen LogP contribution >= 0.6 is 0 Å². The molecule has 20 heavy (non-hydrogen) atoms. The van der Waals surface area contributed by atoms with Crippen LogP contribution in [-0.2, 0) is 0 Å². The van der Waals surface area contributed by atoms with E-state index >= 15 is 0 Å². The van der Waals surface area contributed by atoms with Crippen LogP contribution in [0.2, 0.25) is 0 Å². The fourth-order valence-electron chi connectivity index (χ4n) is 4.34. The largest absolute Gasteiger partial charge is 0.0964 e. The standard InChI is InChI=1S/C20H25/c1-2-6-18-12-15(11-17(18)5-1)9-10-16-13-19-7-3-4-8-20(19)14-16/h11-14,17H,1-10H2/q+1. The molecule has 4 aliphatic rings. The van der Waals surface area contributed by atoms with E-state index in [-0.39, 0.29) is 0 Å². The van der Waals surface area contributed by atoms with E-state index in [1.54, 1.807) is 28.2 Å². The van der Waals surface area contributed by atoms with Crippen molar-refractivity contribution in [3.05, 3.63) is 52.5 Å². The van der Waals surface area contributed by atoms with Gasteiger partial charge in [0, 0.05) is 19.3 Å². The number of rotatable bonds is 3. The predicted octanol–water partition coefficient (Wildman–Crippen LogP) is 5.84. The number of hydrogen-bond donors (Lipinski definition) is 0. The Bertz CT molecular complexity index is 490. The first kappa shape index (κ1) is 12.6. The second-order valence-electron chi connectivity index (χ2n) is 6.93. The summed E-state index contributed by atoms with van der Waals surface area (Å²) in [5.41, 5.74) is 6.65. The SMILES string of the molecule is C1=C(CC[C+]2C=C3CCCCC3=C2)C=C2CCCCC12. The van der Waals surface area contributed by atoms with Gasteiger partial charge in [0.25, 0.3) is 0 Å². The quantitative estimate of drug-likeness (QED) is 0.562.